The van der Waals surface area contributed by atoms with Crippen LogP contribution >= 0.6 is 0 Å². The number of benzene rings is 1. The maximum atomic E-state index is 12.6. The molecule has 2 aromatic rings. The number of pyridine rings is 1. The SMILES string of the molecule is CC(C)NC(=O)c1ccc(OCC2CCCN2C(=O)Cc2cccnc2)cc1. The first kappa shape index (κ1) is 19.9. The van der Waals surface area contributed by atoms with Crippen LogP contribution in [0.3, 0.4) is 0 Å². The highest BCUT2D eigenvalue weighted by molar-refractivity contribution is 5.94. The number of aromatic nitrogens is 1. The van der Waals surface area contributed by atoms with Crippen LogP contribution < -0.4 is 10.1 Å². The summed E-state index contributed by atoms with van der Waals surface area (Å²) in [5.41, 5.74) is 1.53. The number of carbonyl (C=O) groups excluding carboxylic acids is 2. The molecule has 28 heavy (non-hydrogen) atoms. The van der Waals surface area contributed by atoms with Gasteiger partial charge in [-0.3, -0.25) is 14.6 Å². The van der Waals surface area contributed by atoms with Crippen LogP contribution in [0.2, 0.25) is 0 Å². The summed E-state index contributed by atoms with van der Waals surface area (Å²) >= 11 is 0. The van der Waals surface area contributed by atoms with E-state index in [0.29, 0.717) is 24.3 Å². The highest BCUT2D eigenvalue weighted by Crippen LogP contribution is 2.21. The van der Waals surface area contributed by atoms with Gasteiger partial charge in [0.2, 0.25) is 5.91 Å². The zero-order valence-electron chi connectivity index (χ0n) is 16.4. The zero-order chi connectivity index (χ0) is 19.9. The summed E-state index contributed by atoms with van der Waals surface area (Å²) in [6.07, 6.45) is 5.73. The smallest absolute Gasteiger partial charge is 0.251 e. The van der Waals surface area contributed by atoms with Gasteiger partial charge in [0, 0.05) is 30.5 Å². The molecule has 1 unspecified atom stereocenters. The molecule has 1 N–H and O–H groups in total. The van der Waals surface area contributed by atoms with Crippen LogP contribution in [0.25, 0.3) is 0 Å². The number of carbonyl (C=O) groups is 2. The predicted octanol–water partition coefficient (Wildman–Crippen LogP) is 2.83. The second-order valence-electron chi connectivity index (χ2n) is 7.38. The summed E-state index contributed by atoms with van der Waals surface area (Å²) in [6.45, 7) is 5.08. The molecule has 1 aromatic carbocycles. The molecule has 1 aromatic heterocycles. The Morgan fingerprint density at radius 2 is 2.04 bits per heavy atom. The van der Waals surface area contributed by atoms with Crippen molar-refractivity contribution in [2.24, 2.45) is 0 Å². The first-order valence-corrected chi connectivity index (χ1v) is 9.75. The molecule has 0 radical (unpaired) electrons. The van der Waals surface area contributed by atoms with Gasteiger partial charge in [-0.25, -0.2) is 0 Å². The Hall–Kier alpha value is -2.89. The Morgan fingerprint density at radius 1 is 1.25 bits per heavy atom. The number of amides is 2. The third-order valence-electron chi connectivity index (χ3n) is 4.75. The maximum absolute atomic E-state index is 12.6. The molecule has 1 aliphatic heterocycles. The lowest BCUT2D eigenvalue weighted by Crippen LogP contribution is -2.39. The molecule has 1 atom stereocenters. The second kappa shape index (κ2) is 9.35. The lowest BCUT2D eigenvalue weighted by molar-refractivity contribution is -0.131. The van der Waals surface area contributed by atoms with Gasteiger partial charge in [0.25, 0.3) is 5.91 Å². The largest absolute Gasteiger partial charge is 0.491 e. The van der Waals surface area contributed by atoms with E-state index >= 15 is 0 Å². The van der Waals surface area contributed by atoms with Crippen LogP contribution in [0.4, 0.5) is 0 Å². The number of ether oxygens (including phenoxy) is 1. The average Bonchev–Trinajstić information content (AvgIpc) is 3.16. The Bertz CT molecular complexity index is 790. The summed E-state index contributed by atoms with van der Waals surface area (Å²) < 4.78 is 5.90. The van der Waals surface area contributed by atoms with Crippen LogP contribution in [0.5, 0.6) is 5.75 Å². The van der Waals surface area contributed by atoms with E-state index in [0.717, 1.165) is 24.9 Å². The molecule has 0 spiro atoms. The van der Waals surface area contributed by atoms with Gasteiger partial charge in [-0.2, -0.15) is 0 Å². The summed E-state index contributed by atoms with van der Waals surface area (Å²) in [5.74, 6) is 0.719. The minimum absolute atomic E-state index is 0.0769. The van der Waals surface area contributed by atoms with Crippen LogP contribution in [0.15, 0.2) is 48.8 Å². The third kappa shape index (κ3) is 5.31. The Balaban J connectivity index is 1.53. The monoisotopic (exact) mass is 381 g/mol. The minimum Gasteiger partial charge on any atom is -0.491 e. The van der Waals surface area contributed by atoms with Crippen molar-refractivity contribution >= 4 is 11.8 Å². The molecule has 1 aliphatic rings. The van der Waals surface area contributed by atoms with Crippen LogP contribution in [-0.2, 0) is 11.2 Å². The molecular weight excluding hydrogens is 354 g/mol. The van der Waals surface area contributed by atoms with Gasteiger partial charge in [0.15, 0.2) is 0 Å². The Labute approximate surface area is 165 Å². The van der Waals surface area contributed by atoms with E-state index < -0.39 is 0 Å². The van der Waals surface area contributed by atoms with Crippen molar-refractivity contribution < 1.29 is 14.3 Å². The number of hydrogen-bond donors (Lipinski definition) is 1. The van der Waals surface area contributed by atoms with Crippen molar-refractivity contribution in [3.8, 4) is 5.75 Å². The van der Waals surface area contributed by atoms with E-state index in [1.54, 1.807) is 36.7 Å². The minimum atomic E-state index is -0.0930. The molecule has 6 heteroatoms. The second-order valence-corrected chi connectivity index (χ2v) is 7.38. The molecule has 1 saturated heterocycles. The van der Waals surface area contributed by atoms with E-state index in [2.05, 4.69) is 10.3 Å². The zero-order valence-corrected chi connectivity index (χ0v) is 16.4. The molecule has 6 nitrogen and oxygen atoms in total. The van der Waals surface area contributed by atoms with E-state index in [4.69, 9.17) is 4.74 Å². The van der Waals surface area contributed by atoms with Crippen molar-refractivity contribution in [3.05, 3.63) is 59.9 Å². The van der Waals surface area contributed by atoms with Gasteiger partial charge in [0.1, 0.15) is 12.4 Å². The number of rotatable bonds is 7. The molecule has 3 rings (SSSR count). The van der Waals surface area contributed by atoms with Crippen molar-refractivity contribution in [1.82, 2.24) is 15.2 Å². The third-order valence-corrected chi connectivity index (χ3v) is 4.75. The molecule has 0 bridgehead atoms. The Morgan fingerprint density at radius 3 is 2.71 bits per heavy atom. The average molecular weight is 381 g/mol. The van der Waals surface area contributed by atoms with Crippen molar-refractivity contribution in [3.63, 3.8) is 0 Å². The number of likely N-dealkylation sites (tertiary alicyclic amines) is 1. The van der Waals surface area contributed by atoms with Crippen LogP contribution in [0, 0.1) is 0 Å². The van der Waals surface area contributed by atoms with Gasteiger partial charge in [0.05, 0.1) is 12.5 Å². The standard InChI is InChI=1S/C22H27N3O3/c1-16(2)24-22(27)18-7-9-20(10-8-18)28-15-19-6-4-12-25(19)21(26)13-17-5-3-11-23-14-17/h3,5,7-11,14,16,19H,4,6,12-13,15H2,1-2H3,(H,24,27). The van der Waals surface area contributed by atoms with Gasteiger partial charge < -0.3 is 15.0 Å². The van der Waals surface area contributed by atoms with E-state index in [1.807, 2.05) is 30.9 Å². The van der Waals surface area contributed by atoms with Crippen molar-refractivity contribution in [2.75, 3.05) is 13.2 Å². The van der Waals surface area contributed by atoms with Crippen LogP contribution in [0.1, 0.15) is 42.6 Å². The molecule has 1 fully saturated rings. The lowest BCUT2D eigenvalue weighted by atomic mass is 10.1. The van der Waals surface area contributed by atoms with Crippen molar-refractivity contribution in [2.45, 2.75) is 45.2 Å². The normalized spacial score (nSPS) is 16.2. The fraction of sp³-hybridized carbons (Fsp3) is 0.409. The fourth-order valence-corrected chi connectivity index (χ4v) is 3.36. The maximum Gasteiger partial charge on any atom is 0.251 e. The van der Waals surface area contributed by atoms with Gasteiger partial charge >= 0.3 is 0 Å². The quantitative estimate of drug-likeness (QED) is 0.801. The van der Waals surface area contributed by atoms with Gasteiger partial charge in [-0.1, -0.05) is 6.07 Å². The van der Waals surface area contributed by atoms with E-state index in [-0.39, 0.29) is 23.9 Å². The topological polar surface area (TPSA) is 71.5 Å². The highest BCUT2D eigenvalue weighted by atomic mass is 16.5. The number of nitrogens with zero attached hydrogens (tertiary/aromatic N) is 2. The number of hydrogen-bond acceptors (Lipinski definition) is 4. The molecule has 0 saturated carbocycles. The Kier molecular flexibility index (Phi) is 6.63. The van der Waals surface area contributed by atoms with E-state index in [9.17, 15) is 9.59 Å². The van der Waals surface area contributed by atoms with Crippen LogP contribution in [-0.4, -0.2) is 46.9 Å². The number of nitrogens with one attached hydrogen (secondary N) is 1. The van der Waals surface area contributed by atoms with E-state index in [1.165, 1.54) is 0 Å². The molecule has 0 aliphatic carbocycles. The first-order chi connectivity index (χ1) is 13.5. The summed E-state index contributed by atoms with van der Waals surface area (Å²) in [5, 5.41) is 2.87. The summed E-state index contributed by atoms with van der Waals surface area (Å²) in [4.78, 5) is 30.6. The first-order valence-electron chi connectivity index (χ1n) is 9.75. The van der Waals surface area contributed by atoms with Gasteiger partial charge in [-0.05, 0) is 62.6 Å². The molecular formula is C22H27N3O3. The predicted molar refractivity (Wildman–Crippen MR) is 107 cm³/mol. The van der Waals surface area contributed by atoms with Crippen molar-refractivity contribution in [1.29, 1.82) is 0 Å². The summed E-state index contributed by atoms with van der Waals surface area (Å²) in [7, 11) is 0. The molecule has 2 heterocycles. The highest BCUT2D eigenvalue weighted by Gasteiger charge is 2.29. The summed E-state index contributed by atoms with van der Waals surface area (Å²) in [6, 6.07) is 11.0. The molecule has 2 amide bonds. The lowest BCUT2D eigenvalue weighted by Gasteiger charge is -2.25. The van der Waals surface area contributed by atoms with Gasteiger partial charge in [-0.15, -0.1) is 0 Å². The fourth-order valence-electron chi connectivity index (χ4n) is 3.36. The molecule has 148 valence electrons.